The Bertz CT molecular complexity index is 3800. The van der Waals surface area contributed by atoms with Crippen molar-refractivity contribution in [1.29, 1.82) is 0 Å². The Morgan fingerprint density at radius 2 is 0.984 bits per heavy atom. The quantitative estimate of drug-likeness (QED) is 0.0154. The van der Waals surface area contributed by atoms with Crippen molar-refractivity contribution in [1.82, 2.24) is 0 Å². The number of rotatable bonds is 28. The van der Waals surface area contributed by atoms with Gasteiger partial charge in [-0.3, -0.25) is 4.79 Å². The Kier molecular flexibility index (Phi) is 31.3. The molecule has 12 rings (SSSR count). The van der Waals surface area contributed by atoms with Gasteiger partial charge >= 0.3 is 17.9 Å². The number of allylic oxidation sites excluding steroid dienone is 4. The van der Waals surface area contributed by atoms with Gasteiger partial charge in [-0.1, -0.05) is 84.4 Å². The van der Waals surface area contributed by atoms with Crippen LogP contribution in [-0.4, -0.2) is 357 Å². The Morgan fingerprint density at radius 1 is 0.480 bits per heavy atom. The minimum atomic E-state index is -2.15. The maximum Gasteiger partial charge on any atom is 0.333 e. The van der Waals surface area contributed by atoms with E-state index < -0.39 is 293 Å². The Balaban J connectivity index is 0.807. The van der Waals surface area contributed by atoms with E-state index in [2.05, 4.69) is 67.7 Å². The Labute approximate surface area is 728 Å². The van der Waals surface area contributed by atoms with E-state index in [-0.39, 0.29) is 59.5 Å². The molecule has 37 nitrogen and oxygen atoms in total. The van der Waals surface area contributed by atoms with Crippen molar-refractivity contribution in [2.24, 2.45) is 50.2 Å². The van der Waals surface area contributed by atoms with Crippen LogP contribution in [0.15, 0.2) is 60.3 Å². The number of hydrogen-bond acceptors (Lipinski definition) is 37. The maximum atomic E-state index is 16.5. The molecule has 11 fully saturated rings. The van der Waals surface area contributed by atoms with E-state index in [0.29, 0.717) is 51.4 Å². The van der Waals surface area contributed by atoms with E-state index in [0.717, 1.165) is 18.4 Å². The third-order valence-electron chi connectivity index (χ3n) is 30.3. The smallest absolute Gasteiger partial charge is 0.333 e. The first-order valence-electron chi connectivity index (χ1n) is 44.1. The van der Waals surface area contributed by atoms with Gasteiger partial charge < -0.3 is 168 Å². The second-order valence-electron chi connectivity index (χ2n) is 39.7. The molecule has 0 aromatic carbocycles. The van der Waals surface area contributed by atoms with Crippen molar-refractivity contribution in [3.63, 3.8) is 0 Å². The number of ether oxygens (including phenoxy) is 16. The summed E-state index contributed by atoms with van der Waals surface area (Å²) in [4.78, 5) is 45.2. The maximum absolute atomic E-state index is 16.5. The first kappa shape index (κ1) is 99.9. The normalized spacial score (nSPS) is 47.4. The van der Waals surface area contributed by atoms with Crippen molar-refractivity contribution in [3.8, 4) is 0 Å². The molecular formula is C88H138O37. The van der Waals surface area contributed by atoms with Crippen LogP contribution in [-0.2, 0) is 90.2 Å². The van der Waals surface area contributed by atoms with E-state index >= 15 is 4.79 Å². The van der Waals surface area contributed by atoms with Crippen LogP contribution in [0.2, 0.25) is 0 Å². The van der Waals surface area contributed by atoms with Gasteiger partial charge in [0.15, 0.2) is 49.9 Å². The molecule has 0 bridgehead atoms. The van der Waals surface area contributed by atoms with Crippen molar-refractivity contribution in [3.05, 3.63) is 60.3 Å². The fourth-order valence-electron chi connectivity index (χ4n) is 21.8. The van der Waals surface area contributed by atoms with Crippen LogP contribution in [0, 0.1) is 50.2 Å². The Morgan fingerprint density at radius 3 is 1.59 bits per heavy atom. The molecule has 7 heterocycles. The van der Waals surface area contributed by atoms with Crippen LogP contribution in [0.1, 0.15) is 173 Å². The van der Waals surface area contributed by atoms with Crippen molar-refractivity contribution < 1.29 is 182 Å². The standard InChI is InChI=1S/C88H138O37/c1-15-83(10,108)25-17-19-40(3)71(105)110-38-50-58(97)68(120-72(106)41(4)20-18-26-84(11,109)16-2)70(124-76-64(103)60(99)66(42(5)116-76)121-75-65(104)67(48(92)37-113-75)122-73-61(100)54(93)45(89)34-111-73)79(118-50)125-80(107)88-31-29-81(6,7)33-44(88)43-21-22-52-85(12)27-24-53(82(8,9)51(85)23-28-87(52,14)86(43,13)30-32-88)119-77-63(102)59(98)57(96)49(117-77)39-115-78-69(56(95)47(91)36-114-78)123-74-62(101)55(94)46(90)35-112-74/h15-16,19-21,42,44-70,73-79,89-104,108-109H,1-2,17-18,22-39H2,3-14H3/b40-19+,41-20+/t42-,44-,45+,46+,47-,48+,49+,50+,51-,52+,53-,54-,55-,56-,57+,58+,59-,60-,61+,62+,63+,64+,65+,66-,67-,68-,69+,70+,73-,74-,75-,76-,77-,78-,79-,83?,84?,85-,86+,87+,88-/m0/s1. The van der Waals surface area contributed by atoms with Gasteiger partial charge in [0.2, 0.25) is 6.29 Å². The molecule has 2 unspecified atom stereocenters. The average Bonchev–Trinajstić information content (AvgIpc) is 0.673. The van der Waals surface area contributed by atoms with Crippen molar-refractivity contribution >= 4 is 17.9 Å². The molecule has 12 aliphatic rings. The average molecular weight is 1790 g/mol. The highest BCUT2D eigenvalue weighted by atomic mass is 16.8. The van der Waals surface area contributed by atoms with Gasteiger partial charge in [0.1, 0.15) is 135 Å². The van der Waals surface area contributed by atoms with Crippen LogP contribution in [0.5, 0.6) is 0 Å². The van der Waals surface area contributed by atoms with Gasteiger partial charge in [-0.15, -0.1) is 13.2 Å². The van der Waals surface area contributed by atoms with E-state index in [9.17, 15) is 102 Å². The molecule has 7 saturated heterocycles. The first-order chi connectivity index (χ1) is 58.5. The minimum Gasteiger partial charge on any atom is -0.459 e. The predicted octanol–water partition coefficient (Wildman–Crippen LogP) is -0.550. The fraction of sp³-hybridized carbons (Fsp3) is 0.852. The zero-order valence-corrected chi connectivity index (χ0v) is 73.5. The van der Waals surface area contributed by atoms with Crippen LogP contribution in [0.3, 0.4) is 0 Å². The number of carbonyl (C=O) groups is 3. The highest BCUT2D eigenvalue weighted by Gasteiger charge is 2.71. The summed E-state index contributed by atoms with van der Waals surface area (Å²) in [5, 5.41) is 199. The SMILES string of the molecule is C=CC(C)(O)CC/C=C(\C)C(=O)OC[C@H]1O[C@@H](OC(=O)[C@]23CCC(C)(C)C[C@H]2C2=CC[C@@H]4[C@@]5(C)CC[C@H](O[C@@H]6O[C@H](CO[C@@H]7OC[C@H](O)[C@H](O)[C@H]7O[C@@H]7OC[C@@H](O)[C@H](O)[C@H]7O)[C@@H](O)[C@H](O)[C@H]6O)C(C)(C)[C@@H]5CC[C@@]4(C)[C@]2(C)CC3)[C@H](O[C@@H]2O[C@@H](C)[C@H](O[C@@H]3OC[C@@H](O)[C@H](O[C@@H]4OC[C@@H](O)[C@H](O)[C@H]4O)[C@H]3O)[C@@H](O)[C@H]2O)[C@@H](OC(=O)/C(C)=C/CCC(C)(O)C=C)[C@@H]1O. The molecule has 0 aromatic rings. The molecule has 37 heteroatoms. The van der Waals surface area contributed by atoms with E-state index in [1.54, 1.807) is 13.0 Å². The summed E-state index contributed by atoms with van der Waals surface area (Å²) in [5.41, 5.74) is -4.94. The van der Waals surface area contributed by atoms with Gasteiger partial charge in [-0.05, 0) is 169 Å². The summed E-state index contributed by atoms with van der Waals surface area (Å²) < 4.78 is 97.5. The summed E-state index contributed by atoms with van der Waals surface area (Å²) in [6.07, 6.45) is -39.6. The molecule has 0 amide bonds. The van der Waals surface area contributed by atoms with Gasteiger partial charge in [0.25, 0.3) is 0 Å². The number of aliphatic hydroxyl groups excluding tert-OH is 16. The molecule has 0 radical (unpaired) electrons. The minimum absolute atomic E-state index is 0.00231. The number of aliphatic hydroxyl groups is 18. The molecule has 41 atom stereocenters. The van der Waals surface area contributed by atoms with Crippen LogP contribution >= 0.6 is 0 Å². The fourth-order valence-corrected chi connectivity index (χ4v) is 21.8. The van der Waals surface area contributed by atoms with E-state index in [1.165, 1.54) is 45.9 Å². The van der Waals surface area contributed by atoms with Gasteiger partial charge in [-0.25, -0.2) is 9.59 Å². The lowest BCUT2D eigenvalue weighted by Crippen LogP contribution is -2.67. The third kappa shape index (κ3) is 20.2. The van der Waals surface area contributed by atoms with Crippen LogP contribution in [0.4, 0.5) is 0 Å². The van der Waals surface area contributed by atoms with Crippen LogP contribution < -0.4 is 0 Å². The number of hydrogen-bond donors (Lipinski definition) is 18. The van der Waals surface area contributed by atoms with Crippen LogP contribution in [0.25, 0.3) is 0 Å². The number of carbonyl (C=O) groups excluding carboxylic acids is 3. The molecule has 712 valence electrons. The second-order valence-corrected chi connectivity index (χ2v) is 39.7. The molecule has 4 saturated carbocycles. The molecule has 7 aliphatic heterocycles. The molecule has 125 heavy (non-hydrogen) atoms. The summed E-state index contributed by atoms with van der Waals surface area (Å²) in [5.74, 6) is -3.05. The van der Waals surface area contributed by atoms with Gasteiger partial charge in [0.05, 0.1) is 61.9 Å². The molecular weight excluding hydrogens is 1650 g/mol. The van der Waals surface area contributed by atoms with E-state index in [4.69, 9.17) is 75.8 Å². The van der Waals surface area contributed by atoms with Crippen molar-refractivity contribution in [2.75, 3.05) is 39.6 Å². The lowest BCUT2D eigenvalue weighted by molar-refractivity contribution is -0.379. The first-order valence-corrected chi connectivity index (χ1v) is 44.1. The zero-order valence-electron chi connectivity index (χ0n) is 73.5. The summed E-state index contributed by atoms with van der Waals surface area (Å²) in [7, 11) is 0. The topological polar surface area (TPSA) is 563 Å². The summed E-state index contributed by atoms with van der Waals surface area (Å²) >= 11 is 0. The van der Waals surface area contributed by atoms with Gasteiger partial charge in [0, 0.05) is 11.1 Å². The number of fused-ring (bicyclic) bond motifs is 7. The predicted molar refractivity (Wildman–Crippen MR) is 431 cm³/mol. The third-order valence-corrected chi connectivity index (χ3v) is 30.3. The highest BCUT2D eigenvalue weighted by Crippen LogP contribution is 2.76. The molecule has 5 aliphatic carbocycles. The van der Waals surface area contributed by atoms with Crippen molar-refractivity contribution in [2.45, 2.75) is 381 Å². The molecule has 0 aromatic heterocycles. The molecule has 18 N–H and O–H groups in total. The zero-order chi connectivity index (χ0) is 91.7. The monoisotopic (exact) mass is 1790 g/mol. The Hall–Kier alpha value is -4.13. The van der Waals surface area contributed by atoms with Gasteiger partial charge in [-0.2, -0.15) is 0 Å². The molecule has 0 spiro atoms. The summed E-state index contributed by atoms with van der Waals surface area (Å²) in [6, 6.07) is 0. The largest absolute Gasteiger partial charge is 0.459 e. The lowest BCUT2D eigenvalue weighted by atomic mass is 9.33. The summed E-state index contributed by atoms with van der Waals surface area (Å²) in [6.45, 7) is 27.2. The lowest BCUT2D eigenvalue weighted by Gasteiger charge is -2.71. The van der Waals surface area contributed by atoms with E-state index in [1.807, 2.05) is 0 Å². The number of esters is 3. The highest BCUT2D eigenvalue weighted by molar-refractivity contribution is 5.88. The second kappa shape index (κ2) is 39.2.